The number of Topliss-reactive ketones (excluding diaryl/α,β-unsaturated/α-hetero) is 1. The zero-order valence-electron chi connectivity index (χ0n) is 31.4. The van der Waals surface area contributed by atoms with Crippen LogP contribution >= 0.6 is 0 Å². The van der Waals surface area contributed by atoms with E-state index in [-0.39, 0.29) is 40.7 Å². The lowest BCUT2D eigenvalue weighted by Gasteiger charge is -2.41. The molecule has 1 unspecified atom stereocenters. The van der Waals surface area contributed by atoms with Crippen molar-refractivity contribution >= 4 is 46.1 Å². The molecule has 0 spiro atoms. The fourth-order valence-electron chi connectivity index (χ4n) is 9.41. The summed E-state index contributed by atoms with van der Waals surface area (Å²) in [6.07, 6.45) is 13.4. The molecule has 1 aliphatic carbocycles. The molecule has 0 bridgehead atoms. The van der Waals surface area contributed by atoms with E-state index in [4.69, 9.17) is 4.98 Å². The van der Waals surface area contributed by atoms with Crippen molar-refractivity contribution in [3.63, 3.8) is 0 Å². The Morgan fingerprint density at radius 2 is 1.56 bits per heavy atom. The van der Waals surface area contributed by atoms with Gasteiger partial charge in [-0.3, -0.25) is 34.0 Å². The van der Waals surface area contributed by atoms with Crippen LogP contribution in [0.3, 0.4) is 0 Å². The minimum Gasteiger partial charge on any atom is -0.372 e. The number of hydrogen-bond donors (Lipinski definition) is 2. The number of imide groups is 1. The van der Waals surface area contributed by atoms with Crippen LogP contribution in [0.15, 0.2) is 53.6 Å². The normalized spacial score (nSPS) is 20.8. The molecule has 1 atom stereocenters. The van der Waals surface area contributed by atoms with Crippen LogP contribution in [0.4, 0.5) is 17.5 Å². The molecule has 54 heavy (non-hydrogen) atoms. The van der Waals surface area contributed by atoms with Crippen molar-refractivity contribution < 1.29 is 14.4 Å². The lowest BCUT2D eigenvalue weighted by Crippen LogP contribution is -2.40. The fourth-order valence-corrected chi connectivity index (χ4v) is 9.41. The summed E-state index contributed by atoms with van der Waals surface area (Å²) >= 11 is 0. The van der Waals surface area contributed by atoms with E-state index < -0.39 is 0 Å². The molecule has 12 heteroatoms. The highest BCUT2D eigenvalue weighted by atomic mass is 16.2. The van der Waals surface area contributed by atoms with Gasteiger partial charge in [-0.1, -0.05) is 31.0 Å². The predicted octanol–water partition coefficient (Wildman–Crippen LogP) is 6.21. The summed E-state index contributed by atoms with van der Waals surface area (Å²) in [4.78, 5) is 68.9. The lowest BCUT2D eigenvalue weighted by atomic mass is 9.78. The van der Waals surface area contributed by atoms with Gasteiger partial charge in [-0.05, 0) is 119 Å². The van der Waals surface area contributed by atoms with Crippen molar-refractivity contribution in [2.24, 2.45) is 11.8 Å². The third-order valence-electron chi connectivity index (χ3n) is 12.5. The number of carbonyl (C=O) groups excluding carboxylic acids is 3. The Morgan fingerprint density at radius 3 is 2.20 bits per heavy atom. The number of nitrogens with zero attached hydrogens (tertiary/aromatic N) is 6. The Bertz CT molecular complexity index is 2090. The van der Waals surface area contributed by atoms with Crippen molar-refractivity contribution in [1.82, 2.24) is 29.7 Å². The monoisotopic (exact) mass is 730 g/mol. The smallest absolute Gasteiger partial charge is 0.263 e. The molecule has 4 aromatic rings. The number of ketones is 1. The van der Waals surface area contributed by atoms with Crippen molar-refractivity contribution in [1.29, 1.82) is 0 Å². The molecule has 3 saturated heterocycles. The first-order chi connectivity index (χ1) is 26.2. The first-order valence-corrected chi connectivity index (χ1v) is 19.8. The minimum atomic E-state index is -0.256. The van der Waals surface area contributed by atoms with Gasteiger partial charge in [0.2, 0.25) is 17.8 Å². The number of likely N-dealkylation sites (tertiary alicyclic amines) is 1. The molecule has 4 aliphatic rings. The van der Waals surface area contributed by atoms with Crippen LogP contribution in [0.1, 0.15) is 110 Å². The second-order valence-corrected chi connectivity index (χ2v) is 15.8. The summed E-state index contributed by atoms with van der Waals surface area (Å²) in [7, 11) is 0. The average Bonchev–Trinajstić information content (AvgIpc) is 3.71. The second-order valence-electron chi connectivity index (χ2n) is 15.8. The number of anilines is 3. The van der Waals surface area contributed by atoms with Crippen LogP contribution in [0.25, 0.3) is 11.0 Å². The van der Waals surface area contributed by atoms with Crippen LogP contribution < -0.4 is 21.1 Å². The van der Waals surface area contributed by atoms with Gasteiger partial charge in [0.1, 0.15) is 11.5 Å². The van der Waals surface area contributed by atoms with Crippen LogP contribution in [0.2, 0.25) is 0 Å². The molecular formula is C42H50N8O4. The molecule has 12 nitrogen and oxygen atoms in total. The molecule has 3 aromatic heterocycles. The largest absolute Gasteiger partial charge is 0.372 e. The van der Waals surface area contributed by atoms with E-state index in [0.717, 1.165) is 86.8 Å². The van der Waals surface area contributed by atoms with Crippen LogP contribution in [-0.2, 0) is 16.1 Å². The van der Waals surface area contributed by atoms with E-state index in [1.807, 2.05) is 12.3 Å². The van der Waals surface area contributed by atoms with Crippen LogP contribution in [-0.4, -0.2) is 68.2 Å². The molecule has 2 N–H and O–H groups in total. The zero-order chi connectivity index (χ0) is 37.3. The molecule has 8 rings (SSSR count). The van der Waals surface area contributed by atoms with E-state index >= 15 is 0 Å². The van der Waals surface area contributed by atoms with E-state index in [9.17, 15) is 19.2 Å². The second kappa shape index (κ2) is 15.4. The topological polar surface area (TPSA) is 142 Å². The van der Waals surface area contributed by atoms with Gasteiger partial charge in [0.05, 0.1) is 11.5 Å². The van der Waals surface area contributed by atoms with Gasteiger partial charge in [0, 0.05) is 55.6 Å². The maximum Gasteiger partial charge on any atom is 0.263 e. The average molecular weight is 731 g/mol. The highest BCUT2D eigenvalue weighted by Gasteiger charge is 2.31. The predicted molar refractivity (Wildman–Crippen MR) is 208 cm³/mol. The molecule has 282 valence electrons. The molecule has 6 heterocycles. The van der Waals surface area contributed by atoms with E-state index in [1.54, 1.807) is 17.7 Å². The van der Waals surface area contributed by atoms with Crippen LogP contribution in [0, 0.1) is 18.8 Å². The summed E-state index contributed by atoms with van der Waals surface area (Å²) in [6, 6.07) is 12.5. The summed E-state index contributed by atoms with van der Waals surface area (Å²) in [5.74, 6) is 1.70. The lowest BCUT2D eigenvalue weighted by molar-refractivity contribution is -0.134. The molecule has 4 fully saturated rings. The Hall–Kier alpha value is -4.97. The summed E-state index contributed by atoms with van der Waals surface area (Å²) in [5, 5.41) is 6.43. The van der Waals surface area contributed by atoms with Crippen molar-refractivity contribution in [2.45, 2.75) is 96.6 Å². The summed E-state index contributed by atoms with van der Waals surface area (Å²) in [5.41, 5.74) is 4.53. The number of nitrogens with one attached hydrogen (secondary N) is 2. The number of aryl methyl sites for hydroxylation is 1. The number of hydrogen-bond acceptors (Lipinski definition) is 10. The first-order valence-electron chi connectivity index (χ1n) is 19.8. The summed E-state index contributed by atoms with van der Waals surface area (Å²) in [6.45, 7) is 8.41. The molecule has 2 amide bonds. The molecule has 1 saturated carbocycles. The Morgan fingerprint density at radius 1 is 0.852 bits per heavy atom. The Kier molecular flexibility index (Phi) is 10.3. The number of pyridine rings is 2. The van der Waals surface area contributed by atoms with Gasteiger partial charge in [-0.25, -0.2) is 9.97 Å². The van der Waals surface area contributed by atoms with Crippen LogP contribution in [0.5, 0.6) is 0 Å². The third kappa shape index (κ3) is 7.40. The highest BCUT2D eigenvalue weighted by molar-refractivity contribution is 6.01. The van der Waals surface area contributed by atoms with E-state index in [0.29, 0.717) is 35.8 Å². The van der Waals surface area contributed by atoms with Gasteiger partial charge >= 0.3 is 0 Å². The maximum absolute atomic E-state index is 13.6. The van der Waals surface area contributed by atoms with Gasteiger partial charge in [0.15, 0.2) is 5.78 Å². The van der Waals surface area contributed by atoms with Gasteiger partial charge in [-0.2, -0.15) is 4.98 Å². The fraction of sp³-hybridized carbons (Fsp3) is 0.500. The number of aromatic nitrogens is 4. The number of rotatable bonds is 9. The number of fused-ring (bicyclic) bond motifs is 1. The quantitative estimate of drug-likeness (QED) is 0.151. The highest BCUT2D eigenvalue weighted by Crippen LogP contribution is 2.36. The first kappa shape index (κ1) is 36.0. The number of carbonyl (C=O) groups is 3. The summed E-state index contributed by atoms with van der Waals surface area (Å²) < 4.78 is 1.73. The van der Waals surface area contributed by atoms with Gasteiger partial charge in [0.25, 0.3) is 5.56 Å². The Labute approximate surface area is 315 Å². The minimum absolute atomic E-state index is 0.0296. The zero-order valence-corrected chi connectivity index (χ0v) is 31.4. The number of amides is 2. The van der Waals surface area contributed by atoms with Crippen molar-refractivity contribution in [3.05, 3.63) is 81.4 Å². The molecule has 3 aliphatic heterocycles. The van der Waals surface area contributed by atoms with Crippen molar-refractivity contribution in [3.8, 4) is 0 Å². The van der Waals surface area contributed by atoms with Gasteiger partial charge < -0.3 is 10.2 Å². The number of piperidine rings is 3. The molecule has 1 aromatic carbocycles. The SMILES string of the molecule is CC(=O)c1c(C)c2cnc(Nc3ccc(CN4CCC(C5CCN(c6ccc(C7CCC(=O)NC7=O)cc6)CC5)CC4)cn3)nc2n(C2CCCC2)c1=O. The Balaban J connectivity index is 0.830. The van der Waals surface area contributed by atoms with Gasteiger partial charge in [-0.15, -0.1) is 0 Å². The number of benzene rings is 1. The van der Waals surface area contributed by atoms with Crippen molar-refractivity contribution in [2.75, 3.05) is 36.4 Å². The third-order valence-corrected chi connectivity index (χ3v) is 12.5. The van der Waals surface area contributed by atoms with E-state index in [2.05, 4.69) is 60.7 Å². The molecule has 0 radical (unpaired) electrons. The maximum atomic E-state index is 13.6. The molecular weight excluding hydrogens is 681 g/mol. The standard InChI is InChI=1S/C42H50N8O4/c1-26-35-24-44-42(47-39(35)50(33-5-3-4-6-33)41(54)38(26)27(2)51)45-36-13-7-28(23-43-36)25-48-19-15-29(16-20-48)30-17-21-49(22-18-30)32-10-8-31(9-11-32)34-12-14-37(52)46-40(34)53/h7-11,13,23-24,29-30,33-34H,3-6,12,14-22,25H2,1-2H3,(H,46,52,53)(H,43,44,45,47). The van der Waals surface area contributed by atoms with E-state index in [1.165, 1.54) is 38.3 Å².